The summed E-state index contributed by atoms with van der Waals surface area (Å²) in [6.07, 6.45) is 7.15. The van der Waals surface area contributed by atoms with Crippen molar-refractivity contribution in [3.05, 3.63) is 94.2 Å². The molecule has 2 amide bonds. The molecule has 44 heavy (non-hydrogen) atoms. The summed E-state index contributed by atoms with van der Waals surface area (Å²) in [4.78, 5) is 38.2. The van der Waals surface area contributed by atoms with Gasteiger partial charge < -0.3 is 15.1 Å². The molecular formula is C36H35FN4O2S. The maximum Gasteiger partial charge on any atom is 0.276 e. The summed E-state index contributed by atoms with van der Waals surface area (Å²) < 4.78 is 14.4. The zero-order chi connectivity index (χ0) is 29.9. The number of fused-ring (bicyclic) bond motifs is 4. The highest BCUT2D eigenvalue weighted by atomic mass is 32.1. The van der Waals surface area contributed by atoms with Gasteiger partial charge in [0, 0.05) is 29.6 Å². The maximum atomic E-state index is 14.4. The number of halogens is 1. The number of pyridine rings is 1. The molecule has 2 aromatic heterocycles. The standard InChI is InChI=1S/C36H35FN4O2S/c1-21-6-4-8-28(37)33(21)39-35(42)31-19-25-12-13-40(30-10-3-2-7-27(30)34(25)44-31)36(43)29-9-5-11-32(38-29)41-20-24-15-22-14-23(16-24)18-26(41)17-22/h2-11,19,22-24,26H,12-18,20H2,1H3,(H,39,42). The Hall–Kier alpha value is -4.04. The Bertz CT molecular complexity index is 1750. The van der Waals surface area contributed by atoms with E-state index in [1.807, 2.05) is 47.4 Å². The number of aryl methyl sites for hydroxylation is 1. The fraction of sp³-hybridized carbons (Fsp3) is 0.361. The largest absolute Gasteiger partial charge is 0.353 e. The molecule has 0 spiro atoms. The summed E-state index contributed by atoms with van der Waals surface area (Å²) in [5, 5.41) is 2.77. The van der Waals surface area contributed by atoms with Crippen molar-refractivity contribution in [2.75, 3.05) is 28.2 Å². The van der Waals surface area contributed by atoms with Gasteiger partial charge in [0.25, 0.3) is 11.8 Å². The van der Waals surface area contributed by atoms with Gasteiger partial charge in [0.15, 0.2) is 0 Å². The highest BCUT2D eigenvalue weighted by Crippen LogP contribution is 2.48. The summed E-state index contributed by atoms with van der Waals surface area (Å²) in [7, 11) is 0. The Kier molecular flexibility index (Phi) is 6.78. The number of carbonyl (C=O) groups is 2. The average molecular weight is 607 g/mol. The highest BCUT2D eigenvalue weighted by molar-refractivity contribution is 7.17. The lowest BCUT2D eigenvalue weighted by molar-refractivity contribution is 0.0981. The Balaban J connectivity index is 1.07. The van der Waals surface area contributed by atoms with E-state index < -0.39 is 5.82 Å². The monoisotopic (exact) mass is 606 g/mol. The van der Waals surface area contributed by atoms with Crippen molar-refractivity contribution in [3.8, 4) is 10.4 Å². The van der Waals surface area contributed by atoms with E-state index in [4.69, 9.17) is 4.98 Å². The number of nitrogens with one attached hydrogen (secondary N) is 1. The third-order valence-electron chi connectivity index (χ3n) is 10.1. The molecule has 2 aliphatic carbocycles. The van der Waals surface area contributed by atoms with Crippen molar-refractivity contribution in [1.82, 2.24) is 4.98 Å². The van der Waals surface area contributed by atoms with Crippen molar-refractivity contribution in [2.24, 2.45) is 17.8 Å². The van der Waals surface area contributed by atoms with Crippen LogP contribution >= 0.6 is 11.3 Å². The minimum atomic E-state index is -0.454. The summed E-state index contributed by atoms with van der Waals surface area (Å²) in [6.45, 7) is 3.29. The number of anilines is 3. The number of amides is 2. The molecule has 0 radical (unpaired) electrons. The van der Waals surface area contributed by atoms with Gasteiger partial charge >= 0.3 is 0 Å². The third-order valence-corrected chi connectivity index (χ3v) is 11.3. The molecular weight excluding hydrogens is 571 g/mol. The quantitative estimate of drug-likeness (QED) is 0.258. The average Bonchev–Trinajstić information content (AvgIpc) is 3.27. The predicted octanol–water partition coefficient (Wildman–Crippen LogP) is 7.73. The Morgan fingerprint density at radius 3 is 2.52 bits per heavy atom. The van der Waals surface area contributed by atoms with E-state index in [1.54, 1.807) is 19.1 Å². The van der Waals surface area contributed by atoms with E-state index in [1.165, 1.54) is 49.5 Å². The van der Waals surface area contributed by atoms with Crippen molar-refractivity contribution in [1.29, 1.82) is 0 Å². The molecule has 2 saturated heterocycles. The van der Waals surface area contributed by atoms with Gasteiger partial charge in [-0.15, -0.1) is 11.3 Å². The summed E-state index contributed by atoms with van der Waals surface area (Å²) >= 11 is 1.38. The van der Waals surface area contributed by atoms with Gasteiger partial charge in [-0.1, -0.05) is 36.4 Å². The van der Waals surface area contributed by atoms with Crippen LogP contribution in [0.15, 0.2) is 66.7 Å². The maximum absolute atomic E-state index is 14.4. The van der Waals surface area contributed by atoms with E-state index in [0.717, 1.165) is 51.8 Å². The SMILES string of the molecule is Cc1cccc(F)c1NC(=O)c1cc2c(s1)-c1ccccc1N(C(=O)c1cccc(N3CC4CC5CC(C4)CC3C5)n1)CC2. The number of nitrogens with zero attached hydrogens (tertiary/aromatic N) is 3. The second-order valence-electron chi connectivity index (χ2n) is 13.0. The lowest BCUT2D eigenvalue weighted by Gasteiger charge is -2.39. The Morgan fingerprint density at radius 1 is 0.932 bits per heavy atom. The fourth-order valence-corrected chi connectivity index (χ4v) is 9.43. The molecule has 8 heteroatoms. The predicted molar refractivity (Wildman–Crippen MR) is 173 cm³/mol. The van der Waals surface area contributed by atoms with E-state index in [-0.39, 0.29) is 17.5 Å². The lowest BCUT2D eigenvalue weighted by Crippen LogP contribution is -2.39. The number of aromatic nitrogens is 1. The summed E-state index contributed by atoms with van der Waals surface area (Å²) in [6, 6.07) is 20.9. The molecule has 4 aromatic rings. The molecule has 6 nitrogen and oxygen atoms in total. The van der Waals surface area contributed by atoms with E-state index in [0.29, 0.717) is 35.1 Å². The second kappa shape index (κ2) is 10.8. The van der Waals surface area contributed by atoms with Gasteiger partial charge in [0.1, 0.15) is 17.3 Å². The van der Waals surface area contributed by atoms with E-state index in [2.05, 4.69) is 16.3 Å². The van der Waals surface area contributed by atoms with Crippen LogP contribution in [0.3, 0.4) is 0 Å². The van der Waals surface area contributed by atoms with Crippen molar-refractivity contribution < 1.29 is 14.0 Å². The normalized spacial score (nSPS) is 23.5. The number of carbonyl (C=O) groups excluding carboxylic acids is 2. The van der Waals surface area contributed by atoms with Crippen molar-refractivity contribution >= 4 is 40.3 Å². The van der Waals surface area contributed by atoms with Crippen LogP contribution in [0, 0.1) is 30.5 Å². The molecule has 4 bridgehead atoms. The summed E-state index contributed by atoms with van der Waals surface area (Å²) in [5.41, 5.74) is 4.07. The minimum Gasteiger partial charge on any atom is -0.353 e. The van der Waals surface area contributed by atoms with Gasteiger partial charge in [-0.25, -0.2) is 9.37 Å². The van der Waals surface area contributed by atoms with Crippen LogP contribution < -0.4 is 15.1 Å². The molecule has 224 valence electrons. The van der Waals surface area contributed by atoms with Gasteiger partial charge in [-0.2, -0.15) is 0 Å². The first-order valence-corrected chi connectivity index (χ1v) is 16.6. The van der Waals surface area contributed by atoms with Gasteiger partial charge in [0.05, 0.1) is 16.3 Å². The molecule has 2 saturated carbocycles. The van der Waals surface area contributed by atoms with Crippen LogP contribution in [-0.2, 0) is 6.42 Å². The first-order chi connectivity index (χ1) is 21.4. The number of hydrogen-bond donors (Lipinski definition) is 1. The van der Waals surface area contributed by atoms with Crippen LogP contribution in [0.4, 0.5) is 21.6 Å². The third kappa shape index (κ3) is 4.80. The van der Waals surface area contributed by atoms with Gasteiger partial charge in [0.2, 0.25) is 0 Å². The van der Waals surface area contributed by atoms with E-state index in [9.17, 15) is 14.0 Å². The van der Waals surface area contributed by atoms with Crippen LogP contribution in [0.25, 0.3) is 10.4 Å². The Morgan fingerprint density at radius 2 is 1.70 bits per heavy atom. The minimum absolute atomic E-state index is 0.108. The fourth-order valence-electron chi connectivity index (χ4n) is 8.29. The molecule has 3 aliphatic heterocycles. The Labute approximate surface area is 260 Å². The number of hydrogen-bond acceptors (Lipinski definition) is 5. The number of para-hydroxylation sites is 2. The smallest absolute Gasteiger partial charge is 0.276 e. The number of rotatable bonds is 4. The second-order valence-corrected chi connectivity index (χ2v) is 14.1. The number of benzene rings is 2. The van der Waals surface area contributed by atoms with Crippen molar-refractivity contribution in [2.45, 2.75) is 51.5 Å². The van der Waals surface area contributed by atoms with Crippen molar-refractivity contribution in [3.63, 3.8) is 0 Å². The molecule has 2 unspecified atom stereocenters. The molecule has 5 heterocycles. The first kappa shape index (κ1) is 27.5. The van der Waals surface area contributed by atoms with Crippen LogP contribution in [0.1, 0.15) is 63.4 Å². The topological polar surface area (TPSA) is 65.5 Å². The molecule has 5 aliphatic rings. The summed E-state index contributed by atoms with van der Waals surface area (Å²) in [5.74, 6) is 2.45. The molecule has 1 N–H and O–H groups in total. The van der Waals surface area contributed by atoms with Crippen LogP contribution in [0.5, 0.6) is 0 Å². The van der Waals surface area contributed by atoms with Gasteiger partial charge in [-0.05, 0) is 105 Å². The first-order valence-electron chi connectivity index (χ1n) is 15.8. The lowest BCUT2D eigenvalue weighted by atomic mass is 9.68. The molecule has 4 fully saturated rings. The van der Waals surface area contributed by atoms with Gasteiger partial charge in [-0.3, -0.25) is 9.59 Å². The van der Waals surface area contributed by atoms with Crippen LogP contribution in [-0.4, -0.2) is 35.9 Å². The zero-order valence-corrected chi connectivity index (χ0v) is 25.6. The van der Waals surface area contributed by atoms with Crippen LogP contribution in [0.2, 0.25) is 0 Å². The molecule has 2 aromatic carbocycles. The highest BCUT2D eigenvalue weighted by Gasteiger charge is 2.43. The molecule has 2 atom stereocenters. The zero-order valence-electron chi connectivity index (χ0n) is 24.8. The van der Waals surface area contributed by atoms with E-state index >= 15 is 0 Å². The number of thiophene rings is 1. The molecule has 9 rings (SSSR count).